The van der Waals surface area contributed by atoms with Crippen molar-refractivity contribution < 1.29 is 29.5 Å². The zero-order chi connectivity index (χ0) is 30.2. The summed E-state index contributed by atoms with van der Waals surface area (Å²) in [7, 11) is 0. The number of amides is 2. The van der Waals surface area contributed by atoms with Gasteiger partial charge in [-0.3, -0.25) is 24.5 Å². The molecule has 4 atom stereocenters. The number of ketones is 1. The number of nitrogens with one attached hydrogen (secondary N) is 2. The third kappa shape index (κ3) is 5.97. The maximum absolute atomic E-state index is 14.0. The Kier molecular flexibility index (Phi) is 7.98. The van der Waals surface area contributed by atoms with Crippen molar-refractivity contribution in [3.05, 3.63) is 92.5 Å². The summed E-state index contributed by atoms with van der Waals surface area (Å²) in [5.41, 5.74) is 1.78. The van der Waals surface area contributed by atoms with E-state index in [1.165, 1.54) is 13.0 Å². The number of carbonyl (C=O) groups excluding carboxylic acids is 3. The highest BCUT2D eigenvalue weighted by Gasteiger charge is 2.56. The number of phenolic OH excluding ortho intramolecular Hbond substituents is 1. The van der Waals surface area contributed by atoms with Crippen LogP contribution in [-0.4, -0.2) is 38.3 Å². The Morgan fingerprint density at radius 1 is 0.902 bits per heavy atom. The van der Waals surface area contributed by atoms with Gasteiger partial charge in [0.15, 0.2) is 5.75 Å². The first kappa shape index (κ1) is 29.4. The lowest BCUT2D eigenvalue weighted by atomic mass is 9.61. The number of nitro groups is 1. The number of phenols is 1. The lowest BCUT2D eigenvalue weighted by Gasteiger charge is -2.44. The van der Waals surface area contributed by atoms with E-state index >= 15 is 0 Å². The minimum Gasteiger partial charge on any atom is -0.502 e. The minimum atomic E-state index is -1.90. The topological polar surface area (TPSA) is 159 Å². The van der Waals surface area contributed by atoms with Crippen molar-refractivity contribution in [2.75, 3.05) is 10.6 Å². The summed E-state index contributed by atoms with van der Waals surface area (Å²) < 4.78 is 0. The van der Waals surface area contributed by atoms with E-state index in [0.29, 0.717) is 11.4 Å². The van der Waals surface area contributed by atoms with Crippen LogP contribution in [0.1, 0.15) is 47.1 Å². The van der Waals surface area contributed by atoms with E-state index < -0.39 is 63.7 Å². The first-order valence-electron chi connectivity index (χ1n) is 13.2. The number of benzene rings is 3. The van der Waals surface area contributed by atoms with Crippen LogP contribution in [0.25, 0.3) is 0 Å². The average Bonchev–Trinajstić information content (AvgIpc) is 2.87. The van der Waals surface area contributed by atoms with Gasteiger partial charge in [0.25, 0.3) is 0 Å². The second kappa shape index (κ2) is 11.1. The molecule has 4 N–H and O–H groups in total. The number of aliphatic hydroxyl groups is 1. The van der Waals surface area contributed by atoms with E-state index in [4.69, 9.17) is 0 Å². The monoisotopic (exact) mass is 559 g/mol. The highest BCUT2D eigenvalue weighted by Crippen LogP contribution is 2.48. The van der Waals surface area contributed by atoms with Crippen molar-refractivity contribution in [1.82, 2.24) is 0 Å². The molecule has 1 fully saturated rings. The molecule has 0 saturated heterocycles. The number of aromatic hydroxyl groups is 1. The number of anilines is 2. The fourth-order valence-corrected chi connectivity index (χ4v) is 5.55. The Hall–Kier alpha value is -4.57. The number of carbonyl (C=O) groups is 3. The fourth-order valence-electron chi connectivity index (χ4n) is 5.55. The zero-order valence-electron chi connectivity index (χ0n) is 23.5. The molecule has 3 aromatic rings. The predicted octanol–water partition coefficient (Wildman–Crippen LogP) is 4.85. The Balaban J connectivity index is 1.86. The molecular weight excluding hydrogens is 526 g/mol. The number of aryl methyl sites for hydroxylation is 4. The normalized spacial score (nSPS) is 22.2. The minimum absolute atomic E-state index is 0.0880. The molecule has 1 aliphatic carbocycles. The molecule has 0 aromatic heterocycles. The molecule has 10 nitrogen and oxygen atoms in total. The summed E-state index contributed by atoms with van der Waals surface area (Å²) in [4.78, 5) is 52.2. The number of hydrogen-bond donors (Lipinski definition) is 4. The van der Waals surface area contributed by atoms with E-state index in [2.05, 4.69) is 10.6 Å². The molecule has 4 rings (SSSR count). The summed E-state index contributed by atoms with van der Waals surface area (Å²) in [6.07, 6.45) is -0.487. The maximum Gasteiger partial charge on any atom is 0.310 e. The van der Waals surface area contributed by atoms with Crippen LogP contribution in [0.15, 0.2) is 54.6 Å². The van der Waals surface area contributed by atoms with Crippen LogP contribution in [0.4, 0.5) is 17.1 Å². The second-order valence-electron chi connectivity index (χ2n) is 11.1. The van der Waals surface area contributed by atoms with Gasteiger partial charge in [0.2, 0.25) is 11.8 Å². The van der Waals surface area contributed by atoms with Gasteiger partial charge in [-0.2, -0.15) is 0 Å². The molecule has 41 heavy (non-hydrogen) atoms. The fraction of sp³-hybridized carbons (Fsp3) is 0.323. The molecule has 2 amide bonds. The molecule has 0 spiro atoms. The Bertz CT molecular complexity index is 1560. The summed E-state index contributed by atoms with van der Waals surface area (Å²) in [5, 5.41) is 38.9. The lowest BCUT2D eigenvalue weighted by Crippen LogP contribution is -2.56. The van der Waals surface area contributed by atoms with Gasteiger partial charge >= 0.3 is 5.69 Å². The lowest BCUT2D eigenvalue weighted by molar-refractivity contribution is -0.386. The number of hydrogen-bond acceptors (Lipinski definition) is 7. The van der Waals surface area contributed by atoms with Gasteiger partial charge in [0.1, 0.15) is 11.7 Å². The molecule has 0 bridgehead atoms. The standard InChI is InChI=1S/C31H33N3O7/c1-16-6-8-18(3)21(12-16)32-29(37)27-25(36)15-31(5,39)28(30(38)33-22-13-17(2)7-9-19(22)4)26(27)20-10-11-24(35)23(14-20)34(40)41/h6-14,26-28,35,39H,15H2,1-5H3,(H,32,37)(H,33,38). The summed E-state index contributed by atoms with van der Waals surface area (Å²) >= 11 is 0. The molecule has 0 radical (unpaired) electrons. The Labute approximate surface area is 237 Å². The second-order valence-corrected chi connectivity index (χ2v) is 11.1. The van der Waals surface area contributed by atoms with E-state index in [1.54, 1.807) is 26.0 Å². The van der Waals surface area contributed by atoms with Gasteiger partial charge < -0.3 is 20.8 Å². The van der Waals surface area contributed by atoms with E-state index in [9.17, 15) is 34.7 Å². The molecule has 214 valence electrons. The third-order valence-electron chi connectivity index (χ3n) is 7.72. The van der Waals surface area contributed by atoms with Gasteiger partial charge in [-0.1, -0.05) is 30.3 Å². The summed E-state index contributed by atoms with van der Waals surface area (Å²) in [6, 6.07) is 14.4. The summed E-state index contributed by atoms with van der Waals surface area (Å²) in [6.45, 7) is 8.65. The maximum atomic E-state index is 14.0. The smallest absolute Gasteiger partial charge is 0.310 e. The van der Waals surface area contributed by atoms with Crippen LogP contribution < -0.4 is 10.6 Å². The van der Waals surface area contributed by atoms with Crippen molar-refractivity contribution in [3.8, 4) is 5.75 Å². The van der Waals surface area contributed by atoms with Gasteiger partial charge in [0.05, 0.1) is 16.4 Å². The van der Waals surface area contributed by atoms with Crippen LogP contribution in [0, 0.1) is 49.6 Å². The molecule has 1 aliphatic rings. The zero-order valence-corrected chi connectivity index (χ0v) is 23.5. The van der Waals surface area contributed by atoms with E-state index in [0.717, 1.165) is 34.4 Å². The molecular formula is C31H33N3O7. The van der Waals surface area contributed by atoms with Gasteiger partial charge in [0, 0.05) is 29.8 Å². The Morgan fingerprint density at radius 3 is 1.98 bits per heavy atom. The molecule has 3 aromatic carbocycles. The highest BCUT2D eigenvalue weighted by atomic mass is 16.6. The van der Waals surface area contributed by atoms with Gasteiger partial charge in [-0.25, -0.2) is 0 Å². The van der Waals surface area contributed by atoms with Crippen molar-refractivity contribution in [3.63, 3.8) is 0 Å². The molecule has 0 heterocycles. The first-order valence-corrected chi connectivity index (χ1v) is 13.2. The largest absolute Gasteiger partial charge is 0.502 e. The van der Waals surface area contributed by atoms with Crippen molar-refractivity contribution in [1.29, 1.82) is 0 Å². The SMILES string of the molecule is Cc1ccc(C)c(NC(=O)C2C(=O)CC(C)(O)C(C(=O)Nc3cc(C)ccc3C)C2c2ccc(O)c([N+](=O)[O-])c2)c1. The number of nitrogens with zero attached hydrogens (tertiary/aromatic N) is 1. The number of Topliss-reactive ketones (excluding diaryl/α,β-unsaturated/α-hetero) is 1. The van der Waals surface area contributed by atoms with Gasteiger partial charge in [-0.05, 0) is 80.6 Å². The van der Waals surface area contributed by atoms with Crippen LogP contribution in [-0.2, 0) is 14.4 Å². The van der Waals surface area contributed by atoms with Crippen LogP contribution in [0.2, 0.25) is 0 Å². The average molecular weight is 560 g/mol. The summed E-state index contributed by atoms with van der Waals surface area (Å²) in [5.74, 6) is -6.70. The van der Waals surface area contributed by atoms with Crippen LogP contribution in [0.3, 0.4) is 0 Å². The predicted molar refractivity (Wildman–Crippen MR) is 154 cm³/mol. The molecule has 0 aliphatic heterocycles. The van der Waals surface area contributed by atoms with Crippen LogP contribution in [0.5, 0.6) is 5.75 Å². The molecule has 10 heteroatoms. The first-order chi connectivity index (χ1) is 19.2. The Morgan fingerprint density at radius 2 is 1.44 bits per heavy atom. The quantitative estimate of drug-likeness (QED) is 0.191. The van der Waals surface area contributed by atoms with E-state index in [-0.39, 0.29) is 5.56 Å². The number of nitro benzene ring substituents is 1. The van der Waals surface area contributed by atoms with Crippen molar-refractivity contribution >= 4 is 34.7 Å². The van der Waals surface area contributed by atoms with Crippen molar-refractivity contribution in [2.24, 2.45) is 11.8 Å². The van der Waals surface area contributed by atoms with Gasteiger partial charge in [-0.15, -0.1) is 0 Å². The number of rotatable bonds is 6. The molecule has 1 saturated carbocycles. The van der Waals surface area contributed by atoms with Crippen molar-refractivity contribution in [2.45, 2.75) is 52.6 Å². The molecule has 4 unspecified atom stereocenters. The highest BCUT2D eigenvalue weighted by molar-refractivity contribution is 6.10. The van der Waals surface area contributed by atoms with Crippen LogP contribution >= 0.6 is 0 Å². The third-order valence-corrected chi connectivity index (χ3v) is 7.72. The van der Waals surface area contributed by atoms with E-state index in [1.807, 2.05) is 38.1 Å².